The summed E-state index contributed by atoms with van der Waals surface area (Å²) in [5.74, 6) is -0.179. The number of aliphatic hydroxyl groups is 1. The highest BCUT2D eigenvalue weighted by molar-refractivity contribution is 5.95. The molecule has 2 N–H and O–H groups in total. The number of benzene rings is 1. The average molecular weight is 302 g/mol. The Kier molecular flexibility index (Phi) is 5.35. The van der Waals surface area contributed by atoms with Crippen LogP contribution in [0.3, 0.4) is 0 Å². The Labute approximate surface area is 130 Å². The van der Waals surface area contributed by atoms with Gasteiger partial charge in [0.15, 0.2) is 0 Å². The van der Waals surface area contributed by atoms with Crippen molar-refractivity contribution in [2.75, 3.05) is 20.3 Å². The number of nitrogens with zero attached hydrogens (tertiary/aromatic N) is 1. The maximum Gasteiger partial charge on any atom is 0.251 e. The number of aromatic nitrogens is 1. The van der Waals surface area contributed by atoms with Gasteiger partial charge in [-0.05, 0) is 43.7 Å². The molecule has 0 aliphatic carbocycles. The number of hydrogen-bond donors (Lipinski definition) is 2. The molecule has 0 saturated carbocycles. The van der Waals surface area contributed by atoms with E-state index in [1.54, 1.807) is 13.2 Å². The smallest absolute Gasteiger partial charge is 0.251 e. The van der Waals surface area contributed by atoms with Gasteiger partial charge >= 0.3 is 0 Å². The summed E-state index contributed by atoms with van der Waals surface area (Å²) >= 11 is 0. The summed E-state index contributed by atoms with van der Waals surface area (Å²) in [4.78, 5) is 12.5. The zero-order valence-electron chi connectivity index (χ0n) is 13.0. The van der Waals surface area contributed by atoms with Crippen LogP contribution in [-0.2, 0) is 4.74 Å². The van der Waals surface area contributed by atoms with Crippen LogP contribution in [0.4, 0.5) is 0 Å². The van der Waals surface area contributed by atoms with Crippen molar-refractivity contribution >= 4 is 5.91 Å². The number of methoxy groups -OCH3 is 1. The van der Waals surface area contributed by atoms with E-state index in [1.165, 1.54) is 0 Å². The van der Waals surface area contributed by atoms with Gasteiger partial charge in [0.05, 0.1) is 12.1 Å². The molecule has 118 valence electrons. The van der Waals surface area contributed by atoms with Crippen LogP contribution in [0.5, 0.6) is 0 Å². The summed E-state index contributed by atoms with van der Waals surface area (Å²) in [6.07, 6.45) is 4.29. The van der Waals surface area contributed by atoms with Crippen LogP contribution in [0, 0.1) is 0 Å². The molecule has 0 aliphatic rings. The molecule has 0 aliphatic heterocycles. The number of nitrogens with one attached hydrogen (secondary N) is 1. The molecule has 1 heterocycles. The number of amides is 1. The van der Waals surface area contributed by atoms with Crippen molar-refractivity contribution in [2.45, 2.75) is 18.9 Å². The predicted molar refractivity (Wildman–Crippen MR) is 85.2 cm³/mol. The summed E-state index contributed by atoms with van der Waals surface area (Å²) in [6.45, 7) is 2.19. The molecule has 2 rings (SSSR count). The number of hydrogen-bond acceptors (Lipinski definition) is 3. The minimum atomic E-state index is -0.593. The summed E-state index contributed by atoms with van der Waals surface area (Å²) < 4.78 is 7.09. The second-order valence-corrected chi connectivity index (χ2v) is 5.56. The topological polar surface area (TPSA) is 63.5 Å². The van der Waals surface area contributed by atoms with Crippen LogP contribution in [0.25, 0.3) is 5.69 Å². The van der Waals surface area contributed by atoms with Crippen molar-refractivity contribution in [3.8, 4) is 5.69 Å². The third-order valence-corrected chi connectivity index (χ3v) is 3.55. The fourth-order valence-electron chi connectivity index (χ4n) is 2.40. The van der Waals surface area contributed by atoms with E-state index in [0.29, 0.717) is 18.6 Å². The molecule has 0 bridgehead atoms. The largest absolute Gasteiger partial charge is 0.396 e. The lowest BCUT2D eigenvalue weighted by atomic mass is 9.98. The Morgan fingerprint density at radius 3 is 2.68 bits per heavy atom. The van der Waals surface area contributed by atoms with E-state index < -0.39 is 5.54 Å². The Bertz CT molecular complexity index is 602. The van der Waals surface area contributed by atoms with Crippen LogP contribution in [-0.4, -0.2) is 41.4 Å². The second-order valence-electron chi connectivity index (χ2n) is 5.56. The third kappa shape index (κ3) is 3.96. The van der Waals surface area contributed by atoms with Crippen molar-refractivity contribution < 1.29 is 14.6 Å². The van der Waals surface area contributed by atoms with E-state index in [-0.39, 0.29) is 12.5 Å². The molecule has 5 heteroatoms. The fraction of sp³-hybridized carbons (Fsp3) is 0.353. The van der Waals surface area contributed by atoms with Crippen LogP contribution in [0.2, 0.25) is 0 Å². The molecule has 0 spiro atoms. The molecule has 22 heavy (non-hydrogen) atoms. The molecule has 0 fully saturated rings. The van der Waals surface area contributed by atoms with Gasteiger partial charge in [0, 0.05) is 37.4 Å². The van der Waals surface area contributed by atoms with Crippen LogP contribution in [0.1, 0.15) is 23.7 Å². The number of carbonyl (C=O) groups is 1. The predicted octanol–water partition coefficient (Wildman–Crippen LogP) is 1.99. The molecule has 1 aromatic heterocycles. The highest BCUT2D eigenvalue weighted by Crippen LogP contribution is 2.14. The number of carbonyl (C=O) groups excluding carboxylic acids is 1. The molecule has 1 atom stereocenters. The number of rotatable bonds is 7. The highest BCUT2D eigenvalue weighted by atomic mass is 16.5. The summed E-state index contributed by atoms with van der Waals surface area (Å²) in [5.41, 5.74) is 0.907. The van der Waals surface area contributed by atoms with Gasteiger partial charge in [-0.3, -0.25) is 4.79 Å². The Hall–Kier alpha value is -2.11. The average Bonchev–Trinajstić information content (AvgIpc) is 3.02. The second kappa shape index (κ2) is 7.24. The SMILES string of the molecule is COCC(C)(CCO)NC(=O)c1cccc(-n2cccc2)c1. The monoisotopic (exact) mass is 302 g/mol. The van der Waals surface area contributed by atoms with Crippen molar-refractivity contribution in [2.24, 2.45) is 0 Å². The van der Waals surface area contributed by atoms with Gasteiger partial charge in [-0.15, -0.1) is 0 Å². The first kappa shape index (κ1) is 16.3. The lowest BCUT2D eigenvalue weighted by Gasteiger charge is -2.29. The molecule has 1 unspecified atom stereocenters. The van der Waals surface area contributed by atoms with Gasteiger partial charge in [0.25, 0.3) is 5.91 Å². The molecular formula is C17H22N2O3. The summed E-state index contributed by atoms with van der Waals surface area (Å²) in [6, 6.07) is 11.3. The minimum absolute atomic E-state index is 0.0104. The lowest BCUT2D eigenvalue weighted by Crippen LogP contribution is -2.50. The molecule has 5 nitrogen and oxygen atoms in total. The molecule has 1 amide bonds. The van der Waals surface area contributed by atoms with E-state index in [1.807, 2.05) is 54.2 Å². The first-order chi connectivity index (χ1) is 10.6. The van der Waals surface area contributed by atoms with Crippen LogP contribution < -0.4 is 5.32 Å². The van der Waals surface area contributed by atoms with Gasteiger partial charge in [-0.2, -0.15) is 0 Å². The van der Waals surface area contributed by atoms with E-state index in [0.717, 1.165) is 5.69 Å². The first-order valence-electron chi connectivity index (χ1n) is 7.24. The van der Waals surface area contributed by atoms with Crippen molar-refractivity contribution in [3.05, 3.63) is 54.4 Å². The maximum absolute atomic E-state index is 12.5. The quantitative estimate of drug-likeness (QED) is 0.822. The standard InChI is InChI=1S/C17H22N2O3/c1-17(8-11-20,13-22-2)18-16(21)14-6-5-7-15(12-14)19-9-3-4-10-19/h3-7,9-10,12,20H,8,11,13H2,1-2H3,(H,18,21). The number of aliphatic hydroxyl groups excluding tert-OH is 1. The van der Waals surface area contributed by atoms with Crippen LogP contribution >= 0.6 is 0 Å². The van der Waals surface area contributed by atoms with E-state index in [4.69, 9.17) is 4.74 Å². The van der Waals surface area contributed by atoms with Crippen molar-refractivity contribution in [3.63, 3.8) is 0 Å². The Balaban J connectivity index is 2.17. The van der Waals surface area contributed by atoms with Crippen molar-refractivity contribution in [1.29, 1.82) is 0 Å². The van der Waals surface area contributed by atoms with Gasteiger partial charge in [-0.1, -0.05) is 6.07 Å². The minimum Gasteiger partial charge on any atom is -0.396 e. The Morgan fingerprint density at radius 2 is 2.05 bits per heavy atom. The highest BCUT2D eigenvalue weighted by Gasteiger charge is 2.26. The number of ether oxygens (including phenoxy) is 1. The Morgan fingerprint density at radius 1 is 1.32 bits per heavy atom. The normalized spacial score (nSPS) is 13.6. The van der Waals surface area contributed by atoms with Gasteiger partial charge in [0.2, 0.25) is 0 Å². The van der Waals surface area contributed by atoms with Crippen LogP contribution in [0.15, 0.2) is 48.8 Å². The first-order valence-corrected chi connectivity index (χ1v) is 7.24. The van der Waals surface area contributed by atoms with E-state index >= 15 is 0 Å². The molecule has 2 aromatic rings. The molecule has 0 radical (unpaired) electrons. The molecule has 0 saturated heterocycles. The van der Waals surface area contributed by atoms with Gasteiger partial charge < -0.3 is 19.7 Å². The summed E-state index contributed by atoms with van der Waals surface area (Å²) in [5, 5.41) is 12.1. The third-order valence-electron chi connectivity index (χ3n) is 3.55. The van der Waals surface area contributed by atoms with Gasteiger partial charge in [-0.25, -0.2) is 0 Å². The van der Waals surface area contributed by atoms with Crippen molar-refractivity contribution in [1.82, 2.24) is 9.88 Å². The zero-order valence-corrected chi connectivity index (χ0v) is 13.0. The maximum atomic E-state index is 12.5. The van der Waals surface area contributed by atoms with Gasteiger partial charge in [0.1, 0.15) is 0 Å². The molecule has 1 aromatic carbocycles. The van der Waals surface area contributed by atoms with E-state index in [2.05, 4.69) is 5.32 Å². The van der Waals surface area contributed by atoms with E-state index in [9.17, 15) is 9.90 Å². The zero-order chi connectivity index (χ0) is 16.0. The lowest BCUT2D eigenvalue weighted by molar-refractivity contribution is 0.0725. The summed E-state index contributed by atoms with van der Waals surface area (Å²) in [7, 11) is 1.58. The molecular weight excluding hydrogens is 280 g/mol. The fourth-order valence-corrected chi connectivity index (χ4v) is 2.40.